The summed E-state index contributed by atoms with van der Waals surface area (Å²) in [5.41, 5.74) is 3.59. The van der Waals surface area contributed by atoms with Crippen molar-refractivity contribution in [2.24, 2.45) is 5.92 Å². The standard InChI is InChI=1S/C22H24N2O3/c1-27-20-8-6-16(7-9-20)13-24-15-19(12-21(24)25)22(26)23-11-10-17-4-2-3-5-18(17)14-23/h2-9,19H,10-15H2,1H3. The molecule has 0 aromatic heterocycles. The van der Waals surface area contributed by atoms with Crippen LogP contribution in [0.1, 0.15) is 23.1 Å². The van der Waals surface area contributed by atoms with Gasteiger partial charge in [-0.1, -0.05) is 36.4 Å². The lowest BCUT2D eigenvalue weighted by Crippen LogP contribution is -2.40. The Bertz CT molecular complexity index is 847. The number of rotatable bonds is 4. The van der Waals surface area contributed by atoms with Crippen molar-refractivity contribution in [3.63, 3.8) is 0 Å². The van der Waals surface area contributed by atoms with Gasteiger partial charge >= 0.3 is 0 Å². The number of nitrogens with zero attached hydrogens (tertiary/aromatic N) is 2. The lowest BCUT2D eigenvalue weighted by Gasteiger charge is -2.30. The molecule has 5 nitrogen and oxygen atoms in total. The number of carbonyl (C=O) groups is 2. The molecule has 0 radical (unpaired) electrons. The van der Waals surface area contributed by atoms with Gasteiger partial charge in [-0.2, -0.15) is 0 Å². The summed E-state index contributed by atoms with van der Waals surface area (Å²) in [5.74, 6) is 0.725. The van der Waals surface area contributed by atoms with Crippen molar-refractivity contribution in [1.29, 1.82) is 0 Å². The average molecular weight is 364 g/mol. The quantitative estimate of drug-likeness (QED) is 0.838. The SMILES string of the molecule is COc1ccc(CN2CC(C(=O)N3CCc4ccccc4C3)CC2=O)cc1. The number of amides is 2. The highest BCUT2D eigenvalue weighted by Gasteiger charge is 2.37. The predicted octanol–water partition coefficient (Wildman–Crippen LogP) is 2.63. The molecule has 2 heterocycles. The first kappa shape index (κ1) is 17.6. The highest BCUT2D eigenvalue weighted by Crippen LogP contribution is 2.26. The average Bonchev–Trinajstić information content (AvgIpc) is 3.08. The van der Waals surface area contributed by atoms with Crippen LogP contribution in [0.4, 0.5) is 0 Å². The first-order valence-corrected chi connectivity index (χ1v) is 9.40. The minimum Gasteiger partial charge on any atom is -0.497 e. The fourth-order valence-electron chi connectivity index (χ4n) is 3.98. The molecule has 1 unspecified atom stereocenters. The van der Waals surface area contributed by atoms with E-state index in [0.717, 1.165) is 24.3 Å². The molecule has 27 heavy (non-hydrogen) atoms. The monoisotopic (exact) mass is 364 g/mol. The van der Waals surface area contributed by atoms with Crippen molar-refractivity contribution in [2.75, 3.05) is 20.2 Å². The van der Waals surface area contributed by atoms with E-state index in [1.807, 2.05) is 41.3 Å². The molecule has 2 aromatic rings. The molecule has 1 fully saturated rings. The molecule has 1 saturated heterocycles. The molecular weight excluding hydrogens is 340 g/mol. The van der Waals surface area contributed by atoms with Crippen LogP contribution in [0, 0.1) is 5.92 Å². The van der Waals surface area contributed by atoms with Gasteiger partial charge < -0.3 is 14.5 Å². The van der Waals surface area contributed by atoms with E-state index in [2.05, 4.69) is 12.1 Å². The summed E-state index contributed by atoms with van der Waals surface area (Å²) in [7, 11) is 1.63. The van der Waals surface area contributed by atoms with E-state index in [9.17, 15) is 9.59 Å². The number of carbonyl (C=O) groups excluding carboxylic acids is 2. The zero-order valence-electron chi connectivity index (χ0n) is 15.6. The van der Waals surface area contributed by atoms with E-state index >= 15 is 0 Å². The van der Waals surface area contributed by atoms with Crippen LogP contribution in [-0.2, 0) is 29.1 Å². The molecule has 2 aliphatic rings. The van der Waals surface area contributed by atoms with E-state index in [4.69, 9.17) is 4.74 Å². The van der Waals surface area contributed by atoms with Gasteiger partial charge in [0, 0.05) is 32.6 Å². The van der Waals surface area contributed by atoms with E-state index < -0.39 is 0 Å². The Morgan fingerprint density at radius 2 is 1.85 bits per heavy atom. The van der Waals surface area contributed by atoms with Crippen LogP contribution >= 0.6 is 0 Å². The zero-order chi connectivity index (χ0) is 18.8. The number of methoxy groups -OCH3 is 1. The fourth-order valence-corrected chi connectivity index (χ4v) is 3.98. The van der Waals surface area contributed by atoms with Crippen molar-refractivity contribution in [2.45, 2.75) is 25.9 Å². The van der Waals surface area contributed by atoms with Crippen LogP contribution in [0.5, 0.6) is 5.75 Å². The third-order valence-electron chi connectivity index (χ3n) is 5.54. The zero-order valence-corrected chi connectivity index (χ0v) is 15.6. The fraction of sp³-hybridized carbons (Fsp3) is 0.364. The van der Waals surface area contributed by atoms with Gasteiger partial charge in [0.1, 0.15) is 5.75 Å². The molecule has 0 bridgehead atoms. The summed E-state index contributed by atoms with van der Waals surface area (Å²) in [6, 6.07) is 16.0. The molecule has 0 aliphatic carbocycles. The second-order valence-electron chi connectivity index (χ2n) is 7.30. The molecule has 0 saturated carbocycles. The van der Waals surface area contributed by atoms with Crippen molar-refractivity contribution in [3.05, 3.63) is 65.2 Å². The van der Waals surface area contributed by atoms with Gasteiger partial charge in [-0.15, -0.1) is 0 Å². The van der Waals surface area contributed by atoms with Crippen LogP contribution in [0.2, 0.25) is 0 Å². The minimum atomic E-state index is -0.235. The van der Waals surface area contributed by atoms with E-state index in [0.29, 0.717) is 26.1 Å². The van der Waals surface area contributed by atoms with Gasteiger partial charge in [0.05, 0.1) is 13.0 Å². The molecule has 5 heteroatoms. The summed E-state index contributed by atoms with van der Waals surface area (Å²) in [5, 5.41) is 0. The summed E-state index contributed by atoms with van der Waals surface area (Å²) in [6.45, 7) is 2.43. The summed E-state index contributed by atoms with van der Waals surface area (Å²) >= 11 is 0. The van der Waals surface area contributed by atoms with E-state index in [1.54, 1.807) is 12.0 Å². The van der Waals surface area contributed by atoms with Gasteiger partial charge in [-0.25, -0.2) is 0 Å². The van der Waals surface area contributed by atoms with Gasteiger partial charge in [-0.05, 0) is 35.2 Å². The van der Waals surface area contributed by atoms with Crippen molar-refractivity contribution in [3.8, 4) is 5.75 Å². The lowest BCUT2D eigenvalue weighted by atomic mass is 9.98. The second-order valence-corrected chi connectivity index (χ2v) is 7.30. The Kier molecular flexibility index (Phi) is 4.84. The lowest BCUT2D eigenvalue weighted by molar-refractivity contribution is -0.136. The van der Waals surface area contributed by atoms with E-state index in [1.165, 1.54) is 11.1 Å². The highest BCUT2D eigenvalue weighted by atomic mass is 16.5. The molecule has 2 aliphatic heterocycles. The molecule has 2 amide bonds. The first-order chi connectivity index (χ1) is 13.1. The molecule has 4 rings (SSSR count). The Morgan fingerprint density at radius 3 is 2.59 bits per heavy atom. The first-order valence-electron chi connectivity index (χ1n) is 9.40. The molecule has 0 spiro atoms. The topological polar surface area (TPSA) is 49.9 Å². The molecule has 1 atom stereocenters. The number of likely N-dealkylation sites (tertiary alicyclic amines) is 1. The van der Waals surface area contributed by atoms with E-state index in [-0.39, 0.29) is 17.7 Å². The normalized spacial score (nSPS) is 19.1. The summed E-state index contributed by atoms with van der Waals surface area (Å²) in [4.78, 5) is 29.1. The Balaban J connectivity index is 1.39. The summed E-state index contributed by atoms with van der Waals surface area (Å²) in [6.07, 6.45) is 1.20. The number of hydrogen-bond donors (Lipinski definition) is 0. The molecule has 0 N–H and O–H groups in total. The Morgan fingerprint density at radius 1 is 1.11 bits per heavy atom. The van der Waals surface area contributed by atoms with Crippen LogP contribution in [0.15, 0.2) is 48.5 Å². The smallest absolute Gasteiger partial charge is 0.228 e. The number of fused-ring (bicyclic) bond motifs is 1. The van der Waals surface area contributed by atoms with Crippen molar-refractivity contribution < 1.29 is 14.3 Å². The maximum atomic E-state index is 13.0. The summed E-state index contributed by atoms with van der Waals surface area (Å²) < 4.78 is 5.17. The molecule has 140 valence electrons. The van der Waals surface area contributed by atoms with Crippen molar-refractivity contribution in [1.82, 2.24) is 9.80 Å². The number of benzene rings is 2. The molecule has 2 aromatic carbocycles. The maximum absolute atomic E-state index is 13.0. The maximum Gasteiger partial charge on any atom is 0.228 e. The van der Waals surface area contributed by atoms with Crippen LogP contribution in [-0.4, -0.2) is 41.8 Å². The third-order valence-corrected chi connectivity index (χ3v) is 5.54. The molecular formula is C22H24N2O3. The highest BCUT2D eigenvalue weighted by molar-refractivity contribution is 5.89. The van der Waals surface area contributed by atoms with Crippen LogP contribution in [0.25, 0.3) is 0 Å². The van der Waals surface area contributed by atoms with Gasteiger partial charge in [0.15, 0.2) is 0 Å². The van der Waals surface area contributed by atoms with Crippen LogP contribution < -0.4 is 4.74 Å². The van der Waals surface area contributed by atoms with Gasteiger partial charge in [0.25, 0.3) is 0 Å². The minimum absolute atomic E-state index is 0.0570. The Hall–Kier alpha value is -2.82. The predicted molar refractivity (Wildman–Crippen MR) is 102 cm³/mol. The number of ether oxygens (including phenoxy) is 1. The number of hydrogen-bond acceptors (Lipinski definition) is 3. The third kappa shape index (κ3) is 3.68. The second kappa shape index (κ2) is 7.43. The van der Waals surface area contributed by atoms with Crippen LogP contribution in [0.3, 0.4) is 0 Å². The van der Waals surface area contributed by atoms with Crippen molar-refractivity contribution >= 4 is 11.8 Å². The van der Waals surface area contributed by atoms with Gasteiger partial charge in [0.2, 0.25) is 11.8 Å². The Labute approximate surface area is 159 Å². The largest absolute Gasteiger partial charge is 0.497 e. The van der Waals surface area contributed by atoms with Gasteiger partial charge in [-0.3, -0.25) is 9.59 Å².